The number of likely N-dealkylation sites (tertiary alicyclic amines) is 1. The number of nitrogens with zero attached hydrogens (tertiary/aromatic N) is 6. The smallest absolute Gasteiger partial charge is 0.135 e. The zero-order chi connectivity index (χ0) is 18.1. The van der Waals surface area contributed by atoms with Crippen molar-refractivity contribution in [2.45, 2.75) is 31.4 Å². The molecule has 1 saturated heterocycles. The van der Waals surface area contributed by atoms with E-state index in [-0.39, 0.29) is 0 Å². The van der Waals surface area contributed by atoms with Crippen molar-refractivity contribution in [2.75, 3.05) is 13.1 Å². The molecule has 7 nitrogen and oxygen atoms in total. The van der Waals surface area contributed by atoms with Crippen LogP contribution >= 0.6 is 0 Å². The first-order chi connectivity index (χ1) is 12.6. The van der Waals surface area contributed by atoms with Crippen molar-refractivity contribution < 1.29 is 5.11 Å². The van der Waals surface area contributed by atoms with Crippen LogP contribution in [0.25, 0.3) is 5.52 Å². The van der Waals surface area contributed by atoms with Gasteiger partial charge in [0.15, 0.2) is 0 Å². The summed E-state index contributed by atoms with van der Waals surface area (Å²) in [5, 5.41) is 28.7. The van der Waals surface area contributed by atoms with Crippen LogP contribution in [-0.4, -0.2) is 47.9 Å². The van der Waals surface area contributed by atoms with Gasteiger partial charge >= 0.3 is 0 Å². The molecule has 4 rings (SSSR count). The standard InChI is InChI=1S/C19H22N6O/c1-23-14-21-22-18(23)9-19(26)6-4-7-24(13-19)11-15-12-25-8-3-2-5-17(25)16(15)10-20/h2-3,5,8,12,14,26H,4,6-7,9,11,13H2,1H3. The largest absolute Gasteiger partial charge is 0.388 e. The lowest BCUT2D eigenvalue weighted by Gasteiger charge is -2.39. The lowest BCUT2D eigenvalue weighted by atomic mass is 9.89. The highest BCUT2D eigenvalue weighted by Gasteiger charge is 2.35. The molecule has 0 bridgehead atoms. The number of hydrogen-bond acceptors (Lipinski definition) is 5. The molecule has 1 aliphatic rings. The second-order valence-corrected chi connectivity index (χ2v) is 7.21. The fourth-order valence-corrected chi connectivity index (χ4v) is 3.91. The molecule has 0 aliphatic carbocycles. The summed E-state index contributed by atoms with van der Waals surface area (Å²) in [7, 11) is 1.89. The molecule has 1 fully saturated rings. The Morgan fingerprint density at radius 1 is 1.38 bits per heavy atom. The third-order valence-corrected chi connectivity index (χ3v) is 5.19. The van der Waals surface area contributed by atoms with Crippen LogP contribution in [0.5, 0.6) is 0 Å². The lowest BCUT2D eigenvalue weighted by molar-refractivity contribution is -0.0344. The van der Waals surface area contributed by atoms with E-state index in [0.29, 0.717) is 25.1 Å². The van der Waals surface area contributed by atoms with Gasteiger partial charge in [-0.1, -0.05) is 6.07 Å². The lowest BCUT2D eigenvalue weighted by Crippen LogP contribution is -2.49. The van der Waals surface area contributed by atoms with Crippen LogP contribution < -0.4 is 0 Å². The highest BCUT2D eigenvalue weighted by Crippen LogP contribution is 2.27. The average molecular weight is 350 g/mol. The Morgan fingerprint density at radius 3 is 3.04 bits per heavy atom. The zero-order valence-corrected chi connectivity index (χ0v) is 14.8. The van der Waals surface area contributed by atoms with Gasteiger partial charge < -0.3 is 14.1 Å². The fourth-order valence-electron chi connectivity index (χ4n) is 3.91. The molecule has 0 spiro atoms. The molecule has 0 aromatic carbocycles. The van der Waals surface area contributed by atoms with E-state index in [2.05, 4.69) is 21.2 Å². The minimum absolute atomic E-state index is 0.489. The number of pyridine rings is 1. The summed E-state index contributed by atoms with van der Waals surface area (Å²) in [6, 6.07) is 8.20. The Balaban J connectivity index is 1.54. The third-order valence-electron chi connectivity index (χ3n) is 5.19. The molecule has 1 unspecified atom stereocenters. The summed E-state index contributed by atoms with van der Waals surface area (Å²) < 4.78 is 3.84. The van der Waals surface area contributed by atoms with Crippen molar-refractivity contribution in [3.05, 3.63) is 53.9 Å². The number of aliphatic hydroxyl groups is 1. The maximum atomic E-state index is 11.1. The summed E-state index contributed by atoms with van der Waals surface area (Å²) in [5.41, 5.74) is 1.83. The van der Waals surface area contributed by atoms with Gasteiger partial charge in [-0.2, -0.15) is 5.26 Å². The molecule has 0 radical (unpaired) electrons. The van der Waals surface area contributed by atoms with Crippen molar-refractivity contribution >= 4 is 5.52 Å². The average Bonchev–Trinajstić information content (AvgIpc) is 3.17. The number of nitriles is 1. The molecular weight excluding hydrogens is 328 g/mol. The molecule has 1 aliphatic heterocycles. The Labute approximate surface area is 152 Å². The van der Waals surface area contributed by atoms with Gasteiger partial charge in [0.05, 0.1) is 16.7 Å². The van der Waals surface area contributed by atoms with Gasteiger partial charge in [-0.15, -0.1) is 10.2 Å². The van der Waals surface area contributed by atoms with E-state index >= 15 is 0 Å². The van der Waals surface area contributed by atoms with Gasteiger partial charge in [-0.05, 0) is 31.5 Å². The number of hydrogen-bond donors (Lipinski definition) is 1. The quantitative estimate of drug-likeness (QED) is 0.771. The van der Waals surface area contributed by atoms with Crippen LogP contribution in [0.3, 0.4) is 0 Å². The number of aromatic nitrogens is 4. The topological polar surface area (TPSA) is 82.4 Å². The van der Waals surface area contributed by atoms with Crippen molar-refractivity contribution in [3.63, 3.8) is 0 Å². The van der Waals surface area contributed by atoms with Gasteiger partial charge in [-0.25, -0.2) is 0 Å². The van der Waals surface area contributed by atoms with E-state index < -0.39 is 5.60 Å². The van der Waals surface area contributed by atoms with Gasteiger partial charge in [0, 0.05) is 44.5 Å². The van der Waals surface area contributed by atoms with E-state index in [1.807, 2.05) is 46.6 Å². The first kappa shape index (κ1) is 16.8. The summed E-state index contributed by atoms with van der Waals surface area (Å²) >= 11 is 0. The number of aryl methyl sites for hydroxylation is 1. The van der Waals surface area contributed by atoms with E-state index in [1.54, 1.807) is 6.33 Å². The highest BCUT2D eigenvalue weighted by molar-refractivity contribution is 5.65. The number of piperidine rings is 1. The first-order valence-electron chi connectivity index (χ1n) is 8.84. The Kier molecular flexibility index (Phi) is 4.23. The van der Waals surface area contributed by atoms with Crippen LogP contribution in [0, 0.1) is 11.3 Å². The number of fused-ring (bicyclic) bond motifs is 1. The minimum Gasteiger partial charge on any atom is -0.388 e. The van der Waals surface area contributed by atoms with Gasteiger partial charge in [0.25, 0.3) is 0 Å². The van der Waals surface area contributed by atoms with Gasteiger partial charge in [0.2, 0.25) is 0 Å². The summed E-state index contributed by atoms with van der Waals surface area (Å²) in [4.78, 5) is 2.23. The summed E-state index contributed by atoms with van der Waals surface area (Å²) in [6.07, 6.45) is 7.79. The number of rotatable bonds is 4. The van der Waals surface area contributed by atoms with E-state index in [4.69, 9.17) is 0 Å². The van der Waals surface area contributed by atoms with Gasteiger partial charge in [-0.3, -0.25) is 4.90 Å². The predicted molar refractivity (Wildman–Crippen MR) is 96.3 cm³/mol. The molecular formula is C19H22N6O. The molecule has 4 heterocycles. The number of β-amino-alcohol motifs (C(OH)–C–C–N with tert-alkyl or cyclic N) is 1. The molecule has 134 valence electrons. The molecule has 0 amide bonds. The zero-order valence-electron chi connectivity index (χ0n) is 14.8. The first-order valence-corrected chi connectivity index (χ1v) is 8.84. The predicted octanol–water partition coefficient (Wildman–Crippen LogP) is 1.51. The van der Waals surface area contributed by atoms with E-state index in [9.17, 15) is 10.4 Å². The molecule has 26 heavy (non-hydrogen) atoms. The van der Waals surface area contributed by atoms with Crippen molar-refractivity contribution in [2.24, 2.45) is 7.05 Å². The molecule has 1 N–H and O–H groups in total. The van der Waals surface area contributed by atoms with Crippen LogP contribution in [0.2, 0.25) is 0 Å². The SMILES string of the molecule is Cn1cnnc1CC1(O)CCCN(Cc2cn3ccccc3c2C#N)C1. The Morgan fingerprint density at radius 2 is 2.27 bits per heavy atom. The fraction of sp³-hybridized carbons (Fsp3) is 0.421. The Bertz CT molecular complexity index is 968. The minimum atomic E-state index is -0.814. The molecule has 1 atom stereocenters. The molecule has 7 heteroatoms. The third kappa shape index (κ3) is 3.09. The van der Waals surface area contributed by atoms with Crippen LogP contribution in [0.1, 0.15) is 29.8 Å². The van der Waals surface area contributed by atoms with Crippen LogP contribution in [0.15, 0.2) is 36.9 Å². The second-order valence-electron chi connectivity index (χ2n) is 7.21. The van der Waals surface area contributed by atoms with Crippen LogP contribution in [-0.2, 0) is 20.0 Å². The van der Waals surface area contributed by atoms with Crippen molar-refractivity contribution in [1.29, 1.82) is 5.26 Å². The summed E-state index contributed by atoms with van der Waals surface area (Å²) in [5.74, 6) is 0.793. The van der Waals surface area contributed by atoms with Crippen LogP contribution in [0.4, 0.5) is 0 Å². The molecule has 3 aromatic heterocycles. The summed E-state index contributed by atoms with van der Waals surface area (Å²) in [6.45, 7) is 2.14. The maximum Gasteiger partial charge on any atom is 0.135 e. The monoisotopic (exact) mass is 350 g/mol. The Hall–Kier alpha value is -2.69. The van der Waals surface area contributed by atoms with Crippen molar-refractivity contribution in [3.8, 4) is 6.07 Å². The maximum absolute atomic E-state index is 11.1. The second kappa shape index (κ2) is 6.56. The normalized spacial score (nSPS) is 21.1. The van der Waals surface area contributed by atoms with Gasteiger partial charge in [0.1, 0.15) is 18.2 Å². The molecule has 0 saturated carbocycles. The highest BCUT2D eigenvalue weighted by atomic mass is 16.3. The van der Waals surface area contributed by atoms with Crippen molar-refractivity contribution in [1.82, 2.24) is 24.1 Å². The van der Waals surface area contributed by atoms with E-state index in [0.717, 1.165) is 36.3 Å². The molecule has 3 aromatic rings. The van der Waals surface area contributed by atoms with E-state index in [1.165, 1.54) is 0 Å².